The summed E-state index contributed by atoms with van der Waals surface area (Å²) >= 11 is 0. The van der Waals surface area contributed by atoms with Gasteiger partial charge in [0.2, 0.25) is 5.91 Å². The maximum absolute atomic E-state index is 11.8. The van der Waals surface area contributed by atoms with Gasteiger partial charge in [-0.25, -0.2) is 0 Å². The number of rotatable bonds is 3. The minimum Gasteiger partial charge on any atom is -0.366 e. The number of benzene rings is 2. The maximum atomic E-state index is 11.8. The number of primary amides is 1. The first-order valence-electron chi connectivity index (χ1n) is 7.36. The van der Waals surface area contributed by atoms with Gasteiger partial charge < -0.3 is 10.3 Å². The largest absolute Gasteiger partial charge is 0.366 e. The van der Waals surface area contributed by atoms with Gasteiger partial charge in [-0.1, -0.05) is 24.3 Å². The van der Waals surface area contributed by atoms with Crippen LogP contribution in [0.15, 0.2) is 60.9 Å². The van der Waals surface area contributed by atoms with Gasteiger partial charge in [0.15, 0.2) is 0 Å². The quantitative estimate of drug-likeness (QED) is 0.632. The number of nitrogens with zero attached hydrogens (tertiary/aromatic N) is 2. The van der Waals surface area contributed by atoms with Crippen molar-refractivity contribution in [2.24, 2.45) is 5.73 Å². The number of nitrogens with two attached hydrogens (primary N) is 1. The summed E-state index contributed by atoms with van der Waals surface area (Å²) in [7, 11) is 0. The molecule has 4 heteroatoms. The van der Waals surface area contributed by atoms with E-state index in [0.29, 0.717) is 12.1 Å². The van der Waals surface area contributed by atoms with Crippen molar-refractivity contribution in [2.45, 2.75) is 6.54 Å². The van der Waals surface area contributed by atoms with Crippen LogP contribution in [0, 0.1) is 6.07 Å². The molecule has 1 amide bonds. The first-order chi connectivity index (χ1) is 11.3. The van der Waals surface area contributed by atoms with Crippen LogP contribution >= 0.6 is 0 Å². The van der Waals surface area contributed by atoms with E-state index in [-0.39, 0.29) is 0 Å². The van der Waals surface area contributed by atoms with E-state index in [4.69, 9.17) is 5.73 Å². The highest BCUT2D eigenvalue weighted by atomic mass is 16.1. The zero-order valence-electron chi connectivity index (χ0n) is 12.4. The highest BCUT2D eigenvalue weighted by Gasteiger charge is 2.16. The number of amides is 1. The van der Waals surface area contributed by atoms with Crippen molar-refractivity contribution >= 4 is 27.7 Å². The zero-order chi connectivity index (χ0) is 15.8. The third-order valence-electron chi connectivity index (χ3n) is 4.04. The summed E-state index contributed by atoms with van der Waals surface area (Å²) < 4.78 is 2.17. The van der Waals surface area contributed by atoms with Gasteiger partial charge in [-0.15, -0.1) is 0 Å². The van der Waals surface area contributed by atoms with Crippen molar-refractivity contribution < 1.29 is 4.79 Å². The molecule has 0 unspecified atom stereocenters. The van der Waals surface area contributed by atoms with Crippen LogP contribution < -0.4 is 5.73 Å². The molecule has 0 aliphatic carbocycles. The number of carbonyl (C=O) groups excluding carboxylic acids is 1. The van der Waals surface area contributed by atoms with E-state index in [1.165, 1.54) is 0 Å². The van der Waals surface area contributed by atoms with Crippen LogP contribution in [0.5, 0.6) is 0 Å². The SMILES string of the molecule is NC(=O)c1cccc2c1c1[c]cccc1n2Cc1cccnc1. The van der Waals surface area contributed by atoms with Crippen molar-refractivity contribution in [3.63, 3.8) is 0 Å². The molecule has 0 fully saturated rings. The van der Waals surface area contributed by atoms with Crippen LogP contribution in [-0.2, 0) is 6.54 Å². The summed E-state index contributed by atoms with van der Waals surface area (Å²) in [5.41, 5.74) is 9.19. The lowest BCUT2D eigenvalue weighted by atomic mass is 10.1. The van der Waals surface area contributed by atoms with E-state index < -0.39 is 5.91 Å². The minimum absolute atomic E-state index is 0.423. The summed E-state index contributed by atoms with van der Waals surface area (Å²) in [6.45, 7) is 0.675. The standard InChI is InChI=1S/C19H14N3O/c20-19(23)15-7-3-9-17-18(15)14-6-1-2-8-16(14)22(17)12-13-5-4-10-21-11-13/h1-5,7-11H,12H2,(H2,20,23). The summed E-state index contributed by atoms with van der Waals surface area (Å²) in [5, 5.41) is 1.78. The average molecular weight is 300 g/mol. The fourth-order valence-electron chi connectivity index (χ4n) is 3.06. The highest BCUT2D eigenvalue weighted by Crippen LogP contribution is 2.31. The number of hydrogen-bond donors (Lipinski definition) is 1. The lowest BCUT2D eigenvalue weighted by molar-refractivity contribution is 0.100. The maximum Gasteiger partial charge on any atom is 0.249 e. The van der Waals surface area contributed by atoms with E-state index in [2.05, 4.69) is 15.6 Å². The second kappa shape index (κ2) is 5.25. The molecule has 0 aliphatic heterocycles. The van der Waals surface area contributed by atoms with Gasteiger partial charge in [-0.05, 0) is 35.9 Å². The van der Waals surface area contributed by atoms with Gasteiger partial charge in [0.05, 0.1) is 11.0 Å². The molecule has 111 valence electrons. The van der Waals surface area contributed by atoms with E-state index >= 15 is 0 Å². The Bertz CT molecular complexity index is 1020. The molecule has 4 rings (SSSR count). The predicted octanol–water partition coefficient (Wildman–Crippen LogP) is 3.14. The van der Waals surface area contributed by atoms with Crippen LogP contribution in [0.1, 0.15) is 15.9 Å². The molecule has 2 N–H and O–H groups in total. The Labute approximate surface area is 133 Å². The Kier molecular flexibility index (Phi) is 3.08. The molecule has 0 spiro atoms. The molecular weight excluding hydrogens is 286 g/mol. The second-order valence-electron chi connectivity index (χ2n) is 5.44. The molecule has 0 aliphatic rings. The second-order valence-corrected chi connectivity index (χ2v) is 5.44. The van der Waals surface area contributed by atoms with Crippen LogP contribution in [-0.4, -0.2) is 15.5 Å². The summed E-state index contributed by atoms with van der Waals surface area (Å²) in [6.07, 6.45) is 3.61. The fraction of sp³-hybridized carbons (Fsp3) is 0.0526. The van der Waals surface area contributed by atoms with Crippen LogP contribution in [0.2, 0.25) is 0 Å². The molecule has 2 aromatic heterocycles. The van der Waals surface area contributed by atoms with Crippen LogP contribution in [0.3, 0.4) is 0 Å². The monoisotopic (exact) mass is 300 g/mol. The van der Waals surface area contributed by atoms with Crippen molar-refractivity contribution in [3.8, 4) is 0 Å². The highest BCUT2D eigenvalue weighted by molar-refractivity contribution is 6.17. The van der Waals surface area contributed by atoms with Crippen molar-refractivity contribution in [3.05, 3.63) is 78.1 Å². The van der Waals surface area contributed by atoms with Crippen molar-refractivity contribution in [1.29, 1.82) is 0 Å². The molecule has 1 radical (unpaired) electrons. The molecule has 4 aromatic rings. The number of fused-ring (bicyclic) bond motifs is 3. The lowest BCUT2D eigenvalue weighted by Gasteiger charge is -2.07. The topological polar surface area (TPSA) is 60.9 Å². The van der Waals surface area contributed by atoms with Gasteiger partial charge in [-0.2, -0.15) is 0 Å². The first-order valence-corrected chi connectivity index (χ1v) is 7.36. The van der Waals surface area contributed by atoms with E-state index in [1.807, 2.05) is 48.7 Å². The fourth-order valence-corrected chi connectivity index (χ4v) is 3.06. The number of hydrogen-bond acceptors (Lipinski definition) is 2. The van der Waals surface area contributed by atoms with Gasteiger partial charge >= 0.3 is 0 Å². The Morgan fingerprint density at radius 1 is 1.13 bits per heavy atom. The molecule has 0 saturated carbocycles. The Hall–Kier alpha value is -3.14. The zero-order valence-corrected chi connectivity index (χ0v) is 12.4. The first kappa shape index (κ1) is 13.5. The van der Waals surface area contributed by atoms with E-state index in [0.717, 1.165) is 27.4 Å². The van der Waals surface area contributed by atoms with E-state index in [1.54, 1.807) is 12.3 Å². The molecule has 23 heavy (non-hydrogen) atoms. The van der Waals surface area contributed by atoms with Crippen LogP contribution in [0.25, 0.3) is 21.8 Å². The molecule has 2 heterocycles. The Morgan fingerprint density at radius 3 is 2.78 bits per heavy atom. The molecule has 4 nitrogen and oxygen atoms in total. The number of aromatic nitrogens is 2. The average Bonchev–Trinajstić information content (AvgIpc) is 2.90. The summed E-state index contributed by atoms with van der Waals surface area (Å²) in [4.78, 5) is 16.0. The number of carbonyl (C=O) groups is 1. The normalized spacial score (nSPS) is 11.1. The molecule has 0 saturated heterocycles. The third kappa shape index (κ3) is 2.16. The molecule has 0 bridgehead atoms. The Morgan fingerprint density at radius 2 is 2.00 bits per heavy atom. The third-order valence-corrected chi connectivity index (χ3v) is 4.04. The van der Waals surface area contributed by atoms with E-state index in [9.17, 15) is 4.79 Å². The van der Waals surface area contributed by atoms with Crippen molar-refractivity contribution in [1.82, 2.24) is 9.55 Å². The number of pyridine rings is 1. The van der Waals surface area contributed by atoms with Crippen LogP contribution in [0.4, 0.5) is 0 Å². The summed E-state index contributed by atoms with van der Waals surface area (Å²) in [6, 6.07) is 18.7. The molecular formula is C19H14N3O. The Balaban J connectivity index is 2.06. The van der Waals surface area contributed by atoms with Gasteiger partial charge in [0.25, 0.3) is 0 Å². The predicted molar refractivity (Wildman–Crippen MR) is 90.1 cm³/mol. The van der Waals surface area contributed by atoms with Crippen molar-refractivity contribution in [2.75, 3.05) is 0 Å². The van der Waals surface area contributed by atoms with Gasteiger partial charge in [0, 0.05) is 35.3 Å². The molecule has 2 aromatic carbocycles. The van der Waals surface area contributed by atoms with Gasteiger partial charge in [-0.3, -0.25) is 9.78 Å². The smallest absolute Gasteiger partial charge is 0.249 e. The summed E-state index contributed by atoms with van der Waals surface area (Å²) in [5.74, 6) is -0.423. The lowest BCUT2D eigenvalue weighted by Crippen LogP contribution is -2.11. The minimum atomic E-state index is -0.423. The van der Waals surface area contributed by atoms with Gasteiger partial charge in [0.1, 0.15) is 0 Å². The molecule has 0 atom stereocenters.